The van der Waals surface area contributed by atoms with Crippen LogP contribution in [0.1, 0.15) is 34.3 Å². The lowest BCUT2D eigenvalue weighted by atomic mass is 9.98. The second kappa shape index (κ2) is 5.47. The lowest BCUT2D eigenvalue weighted by Gasteiger charge is -2.13. The quantitative estimate of drug-likeness (QED) is 0.907. The van der Waals surface area contributed by atoms with Crippen molar-refractivity contribution in [2.45, 2.75) is 33.3 Å². The normalized spacial score (nSPS) is 12.7. The Morgan fingerprint density at radius 1 is 1.26 bits per heavy atom. The lowest BCUT2D eigenvalue weighted by Crippen LogP contribution is -2.05. The molecule has 0 aliphatic heterocycles. The lowest BCUT2D eigenvalue weighted by molar-refractivity contribution is 0.175. The number of benzene rings is 1. The van der Waals surface area contributed by atoms with Crippen molar-refractivity contribution in [3.8, 4) is 0 Å². The van der Waals surface area contributed by atoms with Crippen molar-refractivity contribution < 1.29 is 13.9 Å². The molecule has 1 atom stereocenters. The van der Waals surface area contributed by atoms with E-state index in [-0.39, 0.29) is 5.82 Å². The maximum Gasteiger partial charge on any atom is 0.137 e. The molecule has 2 rings (SSSR count). The van der Waals surface area contributed by atoms with Crippen LogP contribution in [0.4, 0.5) is 4.39 Å². The van der Waals surface area contributed by atoms with Gasteiger partial charge in [0.25, 0.3) is 0 Å². The molecule has 0 radical (unpaired) electrons. The van der Waals surface area contributed by atoms with Gasteiger partial charge in [0.2, 0.25) is 0 Å². The number of furan rings is 1. The second-order valence-corrected chi connectivity index (χ2v) is 5.48. The molecular weight excluding hydrogens is 311 g/mol. The maximum atomic E-state index is 13.4. The molecule has 1 aromatic carbocycles. The molecule has 102 valence electrons. The standard InChI is InChI=1S/C15H16BrFO2/c1-8-9(2)19-10(3)14(8)13(18)7-11-5-4-6-12(17)15(11)16/h4-6,13,18H,7H2,1-3H3. The van der Waals surface area contributed by atoms with Crippen LogP contribution in [-0.2, 0) is 6.42 Å². The summed E-state index contributed by atoms with van der Waals surface area (Å²) in [7, 11) is 0. The third-order valence-corrected chi connectivity index (χ3v) is 4.28. The van der Waals surface area contributed by atoms with Crippen LogP contribution >= 0.6 is 15.9 Å². The average molecular weight is 327 g/mol. The van der Waals surface area contributed by atoms with Crippen molar-refractivity contribution in [1.82, 2.24) is 0 Å². The van der Waals surface area contributed by atoms with Crippen molar-refractivity contribution in [3.05, 3.63) is 56.7 Å². The van der Waals surface area contributed by atoms with E-state index >= 15 is 0 Å². The van der Waals surface area contributed by atoms with E-state index in [1.807, 2.05) is 20.8 Å². The summed E-state index contributed by atoms with van der Waals surface area (Å²) in [6, 6.07) is 4.83. The van der Waals surface area contributed by atoms with Crippen molar-refractivity contribution >= 4 is 15.9 Å². The SMILES string of the molecule is Cc1oc(C)c(C(O)Cc2cccc(F)c2Br)c1C. The number of rotatable bonds is 3. The molecular formula is C15H16BrFO2. The number of hydrogen-bond acceptors (Lipinski definition) is 2. The summed E-state index contributed by atoms with van der Waals surface area (Å²) < 4.78 is 19.4. The van der Waals surface area contributed by atoms with Crippen LogP contribution in [0.3, 0.4) is 0 Å². The van der Waals surface area contributed by atoms with Crippen LogP contribution < -0.4 is 0 Å². The molecule has 0 aliphatic rings. The topological polar surface area (TPSA) is 33.4 Å². The average Bonchev–Trinajstić information content (AvgIpc) is 2.59. The molecule has 0 saturated carbocycles. The zero-order chi connectivity index (χ0) is 14.2. The first kappa shape index (κ1) is 14.3. The summed E-state index contributed by atoms with van der Waals surface area (Å²) in [6.07, 6.45) is -0.352. The monoisotopic (exact) mass is 326 g/mol. The fraction of sp³-hybridized carbons (Fsp3) is 0.333. The van der Waals surface area contributed by atoms with Crippen LogP contribution in [-0.4, -0.2) is 5.11 Å². The Labute approximate surface area is 120 Å². The van der Waals surface area contributed by atoms with E-state index in [1.165, 1.54) is 6.07 Å². The summed E-state index contributed by atoms with van der Waals surface area (Å²) in [6.45, 7) is 5.63. The van der Waals surface area contributed by atoms with Crippen LogP contribution in [0.15, 0.2) is 27.1 Å². The van der Waals surface area contributed by atoms with E-state index in [0.717, 1.165) is 28.2 Å². The molecule has 1 unspecified atom stereocenters. The second-order valence-electron chi connectivity index (χ2n) is 4.69. The van der Waals surface area contributed by atoms with Gasteiger partial charge < -0.3 is 9.52 Å². The molecule has 2 nitrogen and oxygen atoms in total. The van der Waals surface area contributed by atoms with Crippen molar-refractivity contribution in [1.29, 1.82) is 0 Å². The van der Waals surface area contributed by atoms with Gasteiger partial charge in [0.05, 0.1) is 10.6 Å². The zero-order valence-corrected chi connectivity index (χ0v) is 12.7. The third kappa shape index (κ3) is 2.74. The highest BCUT2D eigenvalue weighted by atomic mass is 79.9. The molecule has 2 aromatic rings. The summed E-state index contributed by atoms with van der Waals surface area (Å²) in [5.74, 6) is 1.21. The Hall–Kier alpha value is -1.13. The van der Waals surface area contributed by atoms with E-state index in [0.29, 0.717) is 10.9 Å². The third-order valence-electron chi connectivity index (χ3n) is 3.40. The molecule has 0 fully saturated rings. The summed E-state index contributed by atoms with van der Waals surface area (Å²) >= 11 is 3.21. The van der Waals surface area contributed by atoms with E-state index < -0.39 is 6.10 Å². The van der Waals surface area contributed by atoms with Gasteiger partial charge in [0.1, 0.15) is 17.3 Å². The van der Waals surface area contributed by atoms with Crippen molar-refractivity contribution in [2.75, 3.05) is 0 Å². The van der Waals surface area contributed by atoms with Crippen LogP contribution in [0.2, 0.25) is 0 Å². The minimum atomic E-state index is -0.699. The predicted molar refractivity (Wildman–Crippen MR) is 75.7 cm³/mol. The van der Waals surface area contributed by atoms with Gasteiger partial charge in [-0.1, -0.05) is 12.1 Å². The molecule has 4 heteroatoms. The van der Waals surface area contributed by atoms with E-state index in [9.17, 15) is 9.50 Å². The number of hydrogen-bond donors (Lipinski definition) is 1. The molecule has 0 saturated heterocycles. The van der Waals surface area contributed by atoms with Gasteiger partial charge >= 0.3 is 0 Å². The van der Waals surface area contributed by atoms with Crippen molar-refractivity contribution in [2.24, 2.45) is 0 Å². The molecule has 1 heterocycles. The summed E-state index contributed by atoms with van der Waals surface area (Å²) in [5, 5.41) is 10.4. The zero-order valence-electron chi connectivity index (χ0n) is 11.1. The van der Waals surface area contributed by atoms with Gasteiger partial charge in [-0.15, -0.1) is 0 Å². The highest BCUT2D eigenvalue weighted by Gasteiger charge is 2.20. The number of aryl methyl sites for hydroxylation is 2. The molecule has 0 spiro atoms. The Kier molecular flexibility index (Phi) is 4.11. The molecule has 0 bridgehead atoms. The molecule has 1 N–H and O–H groups in total. The Balaban J connectivity index is 2.31. The first-order valence-corrected chi connectivity index (χ1v) is 6.88. The van der Waals surface area contributed by atoms with Gasteiger partial charge in [-0.05, 0) is 53.9 Å². The van der Waals surface area contributed by atoms with Gasteiger partial charge in [0.15, 0.2) is 0 Å². The van der Waals surface area contributed by atoms with E-state index in [2.05, 4.69) is 15.9 Å². The molecule has 1 aromatic heterocycles. The fourth-order valence-corrected chi connectivity index (χ4v) is 2.74. The molecule has 0 amide bonds. The first-order valence-electron chi connectivity index (χ1n) is 6.09. The summed E-state index contributed by atoms with van der Waals surface area (Å²) in [5.41, 5.74) is 2.50. The minimum Gasteiger partial charge on any atom is -0.466 e. The minimum absolute atomic E-state index is 0.318. The van der Waals surface area contributed by atoms with Gasteiger partial charge in [-0.3, -0.25) is 0 Å². The van der Waals surface area contributed by atoms with Crippen molar-refractivity contribution in [3.63, 3.8) is 0 Å². The molecule has 19 heavy (non-hydrogen) atoms. The fourth-order valence-electron chi connectivity index (χ4n) is 2.32. The highest BCUT2D eigenvalue weighted by molar-refractivity contribution is 9.10. The van der Waals surface area contributed by atoms with E-state index in [1.54, 1.807) is 12.1 Å². The Morgan fingerprint density at radius 3 is 2.53 bits per heavy atom. The smallest absolute Gasteiger partial charge is 0.137 e. The van der Waals surface area contributed by atoms with Gasteiger partial charge in [-0.25, -0.2) is 4.39 Å². The summed E-state index contributed by atoms with van der Waals surface area (Å²) in [4.78, 5) is 0. The number of halogens is 2. The van der Waals surface area contributed by atoms with Gasteiger partial charge in [-0.2, -0.15) is 0 Å². The van der Waals surface area contributed by atoms with Crippen LogP contribution in [0, 0.1) is 26.6 Å². The first-order chi connectivity index (χ1) is 8.91. The van der Waals surface area contributed by atoms with E-state index in [4.69, 9.17) is 4.42 Å². The Bertz CT molecular complexity index is 604. The van der Waals surface area contributed by atoms with Gasteiger partial charge in [0, 0.05) is 12.0 Å². The largest absolute Gasteiger partial charge is 0.466 e. The highest BCUT2D eigenvalue weighted by Crippen LogP contribution is 2.31. The predicted octanol–water partition coefficient (Wildman–Crippen LogP) is 4.38. The number of aliphatic hydroxyl groups is 1. The molecule has 0 aliphatic carbocycles. The Morgan fingerprint density at radius 2 is 1.95 bits per heavy atom. The number of aliphatic hydroxyl groups excluding tert-OH is 1. The van der Waals surface area contributed by atoms with Crippen LogP contribution in [0.25, 0.3) is 0 Å². The van der Waals surface area contributed by atoms with Crippen LogP contribution in [0.5, 0.6) is 0 Å². The maximum absolute atomic E-state index is 13.4.